The number of ether oxygens (including phenoxy) is 5. The van der Waals surface area contributed by atoms with E-state index in [0.717, 1.165) is 36.6 Å². The number of methoxy groups -OCH3 is 2. The maximum Gasteiger partial charge on any atom is 0.490 e. The molecule has 5 unspecified atom stereocenters. The second-order valence-electron chi connectivity index (χ2n) is 17.9. The van der Waals surface area contributed by atoms with Crippen LogP contribution in [0.15, 0.2) is 45.6 Å². The topological polar surface area (TPSA) is 528 Å². The number of nitrogens with one attached hydrogen (secondary N) is 2. The van der Waals surface area contributed by atoms with Crippen LogP contribution in [0.5, 0.6) is 0 Å². The molecule has 1 amide bonds. The molecule has 8 rings (SSSR count). The highest BCUT2D eigenvalue weighted by molar-refractivity contribution is 7.66. The molecule has 3 saturated heterocycles. The zero-order chi connectivity index (χ0) is 57.7. The van der Waals surface area contributed by atoms with Crippen molar-refractivity contribution in [3.8, 4) is 0 Å². The van der Waals surface area contributed by atoms with E-state index in [1.165, 1.54) is 46.1 Å². The number of hydrogen-bond donors (Lipinski definition) is 11. The van der Waals surface area contributed by atoms with Crippen LogP contribution in [0.1, 0.15) is 25.1 Å². The molecule has 38 nitrogen and oxygen atoms in total. The van der Waals surface area contributed by atoms with Gasteiger partial charge in [0.05, 0.1) is 45.9 Å². The molecule has 0 aromatic carbocycles. The summed E-state index contributed by atoms with van der Waals surface area (Å²) in [6.45, 7) is -3.19. The molecule has 3 aliphatic rings. The lowest BCUT2D eigenvalue weighted by Gasteiger charge is -2.28. The first-order valence-corrected chi connectivity index (χ1v) is 29.1. The van der Waals surface area contributed by atoms with Crippen molar-refractivity contribution in [2.24, 2.45) is 13.0 Å². The number of fused-ring (bicyclic) bond motifs is 2. The van der Waals surface area contributed by atoms with Gasteiger partial charge in [-0.05, 0) is 0 Å². The van der Waals surface area contributed by atoms with Crippen LogP contribution < -0.4 is 32.8 Å². The van der Waals surface area contributed by atoms with Gasteiger partial charge in [-0.25, -0.2) is 38.0 Å². The minimum absolute atomic E-state index is 0.0185. The van der Waals surface area contributed by atoms with Crippen LogP contribution in [0.3, 0.4) is 0 Å². The molecule has 42 heteroatoms. The number of nitrogens with zero attached hydrogens (tertiary/aromatic N) is 9. The molecule has 0 bridgehead atoms. The van der Waals surface area contributed by atoms with E-state index in [-0.39, 0.29) is 47.2 Å². The first-order chi connectivity index (χ1) is 37.1. The number of aliphatic hydroxyl groups is 3. The first-order valence-electron chi connectivity index (χ1n) is 23.0. The Morgan fingerprint density at radius 1 is 0.835 bits per heavy atom. The van der Waals surface area contributed by atoms with E-state index in [1.807, 2.05) is 4.98 Å². The number of carbonyl (C=O) groups is 1. The Kier molecular flexibility index (Phi) is 17.8. The third kappa shape index (κ3) is 12.8. The van der Waals surface area contributed by atoms with Gasteiger partial charge in [-0.2, -0.15) is 8.62 Å². The molecule has 0 radical (unpaired) electrons. The number of likely N-dealkylation sites (N-methyl/N-ethyl adjacent to an activating group) is 1. The number of rotatable bonds is 23. The fraction of sp³-hybridized carbons (Fsp3) is 0.595. The van der Waals surface area contributed by atoms with Gasteiger partial charge in [0.2, 0.25) is 17.7 Å². The van der Waals surface area contributed by atoms with Gasteiger partial charge in [-0.15, -0.1) is 0 Å². The van der Waals surface area contributed by atoms with Gasteiger partial charge in [-0.3, -0.25) is 51.7 Å². The smallest absolute Gasteiger partial charge is 0.387 e. The summed E-state index contributed by atoms with van der Waals surface area (Å²) in [7, 11) is -18.2. The van der Waals surface area contributed by atoms with Crippen LogP contribution in [0.25, 0.3) is 22.3 Å². The van der Waals surface area contributed by atoms with Crippen molar-refractivity contribution in [1.29, 1.82) is 0 Å². The van der Waals surface area contributed by atoms with Gasteiger partial charge in [0, 0.05) is 52.4 Å². The van der Waals surface area contributed by atoms with Gasteiger partial charge in [0.15, 0.2) is 30.2 Å². The summed E-state index contributed by atoms with van der Waals surface area (Å²) in [5, 5.41) is 33.1. The van der Waals surface area contributed by atoms with Crippen molar-refractivity contribution in [3.63, 3.8) is 0 Å². The third-order valence-corrected chi connectivity index (χ3v) is 18.9. The van der Waals surface area contributed by atoms with Crippen molar-refractivity contribution < 1.29 is 108 Å². The van der Waals surface area contributed by atoms with Crippen molar-refractivity contribution in [2.75, 3.05) is 65.7 Å². The van der Waals surface area contributed by atoms with E-state index >= 15 is 0 Å². The number of phosphoric ester groups is 2. The number of nitrogen functional groups attached to an aromatic ring is 2. The number of anilines is 2. The number of aryl methyl sites for hydroxylation is 1. The minimum atomic E-state index is -6.27. The summed E-state index contributed by atoms with van der Waals surface area (Å²) in [4.78, 5) is 115. The summed E-state index contributed by atoms with van der Waals surface area (Å²) in [6, 6.07) is 0.921. The Morgan fingerprint density at radius 3 is 2.15 bits per heavy atom. The second-order valence-corrected chi connectivity index (χ2v) is 24.5. The van der Waals surface area contributed by atoms with Crippen molar-refractivity contribution in [2.45, 2.75) is 73.5 Å². The summed E-state index contributed by atoms with van der Waals surface area (Å²) in [5.74, 6) is -2.27. The maximum absolute atomic E-state index is 14.4. The number of phosphoric acid groups is 3. The molecule has 3 fully saturated rings. The van der Waals surface area contributed by atoms with Crippen LogP contribution >= 0.6 is 31.1 Å². The van der Waals surface area contributed by atoms with Crippen molar-refractivity contribution >= 4 is 71.1 Å². The van der Waals surface area contributed by atoms with Crippen LogP contribution in [0.4, 0.5) is 11.8 Å². The Labute approximate surface area is 441 Å². The summed E-state index contributed by atoms with van der Waals surface area (Å²) < 4.78 is 111. The van der Waals surface area contributed by atoms with Gasteiger partial charge >= 0.3 is 42.4 Å². The SMILES string of the molecule is COCCN(C)C(=O)C[C@@H]1[C@@H](COP(=O)(O)OP(=O)(O)OP(=O)(O)OC[C@H]2O[C@@H](n3cnc4c(N)ncnc43)[C@H](OC)[C@@H]2P(=O)(O)OC[C@H]2O[C@@H](n3ccc(=O)[nH]c3=O)[C@H](O)[C@@H]2O)OC([n+]2cn(C)c3c(=O)[nH]c(N)nc32)[C@@H]1O. The number of hydrogen-bond acceptors (Lipinski definition) is 27. The molecule has 5 aromatic heterocycles. The minimum Gasteiger partial charge on any atom is -0.387 e. The lowest BCUT2D eigenvalue weighted by atomic mass is 9.94. The number of aromatic amines is 2. The van der Waals surface area contributed by atoms with Gasteiger partial charge in [-0.1, -0.05) is 4.98 Å². The van der Waals surface area contributed by atoms with Crippen LogP contribution in [-0.2, 0) is 76.0 Å². The number of H-pyrrole nitrogens is 2. The zero-order valence-corrected chi connectivity index (χ0v) is 45.1. The number of aliphatic hydroxyl groups excluding tert-OH is 3. The lowest BCUT2D eigenvalue weighted by Crippen LogP contribution is -2.45. The number of imidazole rings is 2. The molecule has 8 heterocycles. The Bertz CT molecular complexity index is 3450. The van der Waals surface area contributed by atoms with E-state index in [0.29, 0.717) is 0 Å². The molecule has 3 aliphatic heterocycles. The number of carbonyl (C=O) groups excluding carboxylic acids is 1. The highest BCUT2D eigenvalue weighted by atomic mass is 31.3. The van der Waals surface area contributed by atoms with E-state index in [9.17, 15) is 72.3 Å². The number of aromatic nitrogens is 10. The molecule has 436 valence electrons. The molecule has 13 N–H and O–H groups in total. The van der Waals surface area contributed by atoms with E-state index in [1.54, 1.807) is 0 Å². The average Bonchev–Trinajstić information content (AvgIpc) is 4.38. The number of amides is 1. The van der Waals surface area contributed by atoms with Gasteiger partial charge < -0.3 is 79.5 Å². The Hall–Kier alpha value is -5.11. The van der Waals surface area contributed by atoms with Crippen molar-refractivity contribution in [3.05, 3.63) is 62.4 Å². The zero-order valence-electron chi connectivity index (χ0n) is 41.5. The Balaban J connectivity index is 0.971. The molecule has 16 atom stereocenters. The molecule has 0 aliphatic carbocycles. The van der Waals surface area contributed by atoms with Crippen LogP contribution in [0, 0.1) is 5.92 Å². The van der Waals surface area contributed by atoms with Crippen LogP contribution in [-0.4, -0.2) is 192 Å². The highest BCUT2D eigenvalue weighted by Crippen LogP contribution is 2.68. The van der Waals surface area contributed by atoms with Gasteiger partial charge in [0.1, 0.15) is 54.1 Å². The Morgan fingerprint density at radius 2 is 1.49 bits per heavy atom. The monoisotopic (exact) mass is 1200 g/mol. The molecular weight excluding hydrogens is 1150 g/mol. The third-order valence-electron chi connectivity index (χ3n) is 12.8. The summed E-state index contributed by atoms with van der Waals surface area (Å²) in [5.41, 5.74) is 7.12. The van der Waals surface area contributed by atoms with Gasteiger partial charge in [0.25, 0.3) is 17.1 Å². The highest BCUT2D eigenvalue weighted by Gasteiger charge is 2.58. The predicted octanol–water partition coefficient (Wildman–Crippen LogP) is -4.06. The second kappa shape index (κ2) is 23.4. The predicted molar refractivity (Wildman–Crippen MR) is 258 cm³/mol. The number of nitrogens with two attached hydrogens (primary N) is 2. The fourth-order valence-electron chi connectivity index (χ4n) is 9.04. The molecule has 79 heavy (non-hydrogen) atoms. The quantitative estimate of drug-likeness (QED) is 0.0219. The normalized spacial score (nSPS) is 29.4. The first kappa shape index (κ1) is 60.0. The van der Waals surface area contributed by atoms with E-state index < -0.39 is 153 Å². The fourth-order valence-corrected chi connectivity index (χ4v) is 14.3. The lowest BCUT2D eigenvalue weighted by molar-refractivity contribution is -0.745. The summed E-state index contributed by atoms with van der Waals surface area (Å²) >= 11 is 0. The summed E-state index contributed by atoms with van der Waals surface area (Å²) in [6.07, 6.45) is -12.8. The van der Waals surface area contributed by atoms with Crippen molar-refractivity contribution in [1.82, 2.24) is 48.5 Å². The average molecular weight is 1200 g/mol. The molecule has 0 spiro atoms. The molecule has 0 saturated carbocycles. The van der Waals surface area contributed by atoms with E-state index in [2.05, 4.69) is 33.5 Å². The molecular formula is C37H54N13O25P4+. The standard InChI is InChI=1S/C37H53N13O25P4/c1-46(7-8-66-3)21(52)9-16-17(71-33(24(16)53)50-15-47(2)23-31(50)44-36(39)45-32(23)56)10-69-77(60,61)74-79(64,65)75-78(62,63)70-12-19-28(27(67-4)35(73-19)49-14-42-22-29(38)40-13-41-30(22)49)76(58,59)68-11-18-25(54)26(55)34(72-18)48-6-5-20(51)43-37(48)57/h5-6,13-19,24-28,33-35,53-55H,7-12H2,1-4H3,(H9-,38,39,40,41,43,44,45,51,56,57,58,59,60,61,62,63,64,65)/p+1/t16-,17-,18-,19-,24-,25-,26-,27-,28-,33?,34-,35-/m1/s1. The van der Waals surface area contributed by atoms with E-state index in [4.69, 9.17) is 48.7 Å². The largest absolute Gasteiger partial charge is 0.490 e. The van der Waals surface area contributed by atoms with Crippen LogP contribution in [0.2, 0.25) is 0 Å². The molecule has 5 aromatic rings. The maximum atomic E-state index is 14.4.